The highest BCUT2D eigenvalue weighted by atomic mass is 19.1. The van der Waals surface area contributed by atoms with Crippen LogP contribution in [0, 0.1) is 23.1 Å². The molecule has 1 aromatic heterocycles. The van der Waals surface area contributed by atoms with E-state index in [-0.39, 0.29) is 17.7 Å². The van der Waals surface area contributed by atoms with Crippen LogP contribution in [0.3, 0.4) is 0 Å². The third-order valence-corrected chi connectivity index (χ3v) is 5.79. The van der Waals surface area contributed by atoms with Crippen LogP contribution < -0.4 is 0 Å². The van der Waals surface area contributed by atoms with E-state index in [1.807, 2.05) is 12.1 Å². The number of rotatable bonds is 3. The van der Waals surface area contributed by atoms with Gasteiger partial charge in [-0.1, -0.05) is 12.1 Å². The van der Waals surface area contributed by atoms with E-state index in [0.29, 0.717) is 28.8 Å². The molecule has 5 nitrogen and oxygen atoms in total. The number of piperidine rings is 1. The Morgan fingerprint density at radius 3 is 2.79 bits per heavy atom. The molecule has 0 aliphatic carbocycles. The molecule has 0 saturated carbocycles. The first-order valence-corrected chi connectivity index (χ1v) is 9.53. The number of hydrogen-bond acceptors (Lipinski definition) is 5. The van der Waals surface area contributed by atoms with Gasteiger partial charge in [-0.05, 0) is 38.1 Å². The zero-order valence-corrected chi connectivity index (χ0v) is 16.0. The molecule has 0 radical (unpaired) electrons. The Balaban J connectivity index is 1.69. The number of nitrogens with zero attached hydrogens (tertiary/aromatic N) is 3. The Morgan fingerprint density at radius 1 is 1.36 bits per heavy atom. The molecule has 1 spiro atoms. The number of esters is 1. The van der Waals surface area contributed by atoms with Crippen LogP contribution >= 0.6 is 0 Å². The lowest BCUT2D eigenvalue weighted by atomic mass is 9.83. The molecule has 2 aliphatic heterocycles. The molecule has 0 bridgehead atoms. The summed E-state index contributed by atoms with van der Waals surface area (Å²) in [5.74, 6) is -0.917. The van der Waals surface area contributed by atoms with Gasteiger partial charge in [-0.25, -0.2) is 9.18 Å². The molecule has 1 saturated heterocycles. The summed E-state index contributed by atoms with van der Waals surface area (Å²) in [5, 5.41) is 8.94. The Bertz CT molecular complexity index is 974. The summed E-state index contributed by atoms with van der Waals surface area (Å²) < 4.78 is 20.3. The normalized spacial score (nSPS) is 19.1. The average Bonchev–Trinajstić information content (AvgIpc) is 2.97. The summed E-state index contributed by atoms with van der Waals surface area (Å²) in [7, 11) is 2.06. The predicted molar refractivity (Wildman–Crippen MR) is 102 cm³/mol. The molecule has 1 aromatic carbocycles. The average molecular weight is 379 g/mol. The third kappa shape index (κ3) is 3.16. The van der Waals surface area contributed by atoms with Gasteiger partial charge in [-0.15, -0.1) is 0 Å². The lowest BCUT2D eigenvalue weighted by Gasteiger charge is -2.37. The Labute approximate surface area is 163 Å². The van der Waals surface area contributed by atoms with Crippen LogP contribution in [0.4, 0.5) is 4.39 Å². The molecule has 0 amide bonds. The first-order valence-electron chi connectivity index (χ1n) is 9.53. The molecule has 2 aromatic rings. The molecule has 1 fully saturated rings. The van der Waals surface area contributed by atoms with Crippen LogP contribution in [0.15, 0.2) is 30.5 Å². The van der Waals surface area contributed by atoms with Crippen molar-refractivity contribution in [1.82, 2.24) is 9.88 Å². The van der Waals surface area contributed by atoms with Crippen molar-refractivity contribution >= 4 is 5.97 Å². The predicted octanol–water partition coefficient (Wildman–Crippen LogP) is 3.68. The van der Waals surface area contributed by atoms with E-state index in [0.717, 1.165) is 31.5 Å². The van der Waals surface area contributed by atoms with Gasteiger partial charge in [-0.2, -0.15) is 5.26 Å². The number of halogens is 1. The van der Waals surface area contributed by atoms with Gasteiger partial charge in [0.2, 0.25) is 0 Å². The van der Waals surface area contributed by atoms with E-state index in [1.54, 1.807) is 19.2 Å². The van der Waals surface area contributed by atoms with Crippen LogP contribution in [-0.2, 0) is 16.8 Å². The molecular formula is C22H22FN3O2. The fourth-order valence-electron chi connectivity index (χ4n) is 4.04. The van der Waals surface area contributed by atoms with Crippen LogP contribution in [0.5, 0.6) is 0 Å². The second-order valence-corrected chi connectivity index (χ2v) is 7.84. The van der Waals surface area contributed by atoms with E-state index in [9.17, 15) is 9.18 Å². The molecule has 0 unspecified atom stereocenters. The highest BCUT2D eigenvalue weighted by molar-refractivity contribution is 5.95. The molecule has 28 heavy (non-hydrogen) atoms. The number of carbonyl (C=O) groups excluding carboxylic acids is 1. The number of benzene rings is 1. The van der Waals surface area contributed by atoms with Crippen molar-refractivity contribution in [3.63, 3.8) is 0 Å². The number of aromatic nitrogens is 1. The number of fused-ring (bicyclic) bond motifs is 2. The van der Waals surface area contributed by atoms with E-state index in [1.165, 1.54) is 6.07 Å². The maximum absolute atomic E-state index is 14.5. The van der Waals surface area contributed by atoms with Crippen LogP contribution in [0.1, 0.15) is 41.3 Å². The minimum absolute atomic E-state index is 0.245. The Morgan fingerprint density at radius 2 is 2.11 bits per heavy atom. The van der Waals surface area contributed by atoms with Gasteiger partial charge < -0.3 is 9.64 Å². The van der Waals surface area contributed by atoms with E-state index in [4.69, 9.17) is 10.00 Å². The van der Waals surface area contributed by atoms with Crippen LogP contribution in [-0.4, -0.2) is 36.0 Å². The summed E-state index contributed by atoms with van der Waals surface area (Å²) in [5.41, 5.74) is 2.55. The molecule has 4 rings (SSSR count). The van der Waals surface area contributed by atoms with Gasteiger partial charge in [0.1, 0.15) is 11.4 Å². The second-order valence-electron chi connectivity index (χ2n) is 7.84. The van der Waals surface area contributed by atoms with Crippen molar-refractivity contribution in [2.45, 2.75) is 31.8 Å². The Hall–Kier alpha value is -2.78. The lowest BCUT2D eigenvalue weighted by molar-refractivity contribution is -0.0394. The number of carbonyl (C=O) groups is 1. The zero-order valence-electron chi connectivity index (χ0n) is 16.0. The van der Waals surface area contributed by atoms with Crippen molar-refractivity contribution in [1.29, 1.82) is 5.26 Å². The number of pyridine rings is 1. The van der Waals surface area contributed by atoms with Crippen LogP contribution in [0.25, 0.3) is 11.3 Å². The van der Waals surface area contributed by atoms with Gasteiger partial charge >= 0.3 is 5.97 Å². The third-order valence-electron chi connectivity index (χ3n) is 5.79. The molecule has 144 valence electrons. The molecule has 1 atom stereocenters. The zero-order chi connectivity index (χ0) is 19.9. The lowest BCUT2D eigenvalue weighted by Crippen LogP contribution is -2.41. The topological polar surface area (TPSA) is 66.2 Å². The molecule has 3 heterocycles. The molecule has 2 aliphatic rings. The number of nitriles is 1. The minimum Gasteiger partial charge on any atom is -0.450 e. The van der Waals surface area contributed by atoms with Crippen molar-refractivity contribution in [3.8, 4) is 17.3 Å². The minimum atomic E-state index is -0.600. The SMILES string of the molecule is C[C@H](C#N)Cc1ccc(-c2cc3c(cn2)C(=O)OC32CCN(C)CC2)cc1F. The largest absolute Gasteiger partial charge is 0.450 e. The van der Waals surface area contributed by atoms with Crippen LogP contribution in [0.2, 0.25) is 0 Å². The van der Waals surface area contributed by atoms with Crippen molar-refractivity contribution < 1.29 is 13.9 Å². The maximum Gasteiger partial charge on any atom is 0.341 e. The van der Waals surface area contributed by atoms with Crippen molar-refractivity contribution in [2.24, 2.45) is 5.92 Å². The smallest absolute Gasteiger partial charge is 0.341 e. The van der Waals surface area contributed by atoms with Gasteiger partial charge in [0.05, 0.1) is 17.3 Å². The van der Waals surface area contributed by atoms with Crippen molar-refractivity contribution in [3.05, 3.63) is 53.0 Å². The van der Waals surface area contributed by atoms with Gasteiger partial charge in [0, 0.05) is 49.2 Å². The highest BCUT2D eigenvalue weighted by Crippen LogP contribution is 2.44. The fraction of sp³-hybridized carbons (Fsp3) is 0.409. The molecular weight excluding hydrogens is 357 g/mol. The first kappa shape index (κ1) is 18.6. The van der Waals surface area contributed by atoms with E-state index >= 15 is 0 Å². The van der Waals surface area contributed by atoms with Gasteiger partial charge in [-0.3, -0.25) is 4.98 Å². The first-order chi connectivity index (χ1) is 13.4. The fourth-order valence-corrected chi connectivity index (χ4v) is 4.04. The summed E-state index contributed by atoms with van der Waals surface area (Å²) >= 11 is 0. The standard InChI is InChI=1S/C22H22FN3O2/c1-14(12-24)9-15-3-4-16(10-19(15)23)20-11-18-17(13-25-20)21(27)28-22(18)5-7-26(2)8-6-22/h3-4,10-11,13-14H,5-9H2,1-2H3/t14-/m0/s1. The number of ether oxygens (including phenoxy) is 1. The quantitative estimate of drug-likeness (QED) is 0.761. The summed E-state index contributed by atoms with van der Waals surface area (Å²) in [4.78, 5) is 18.9. The van der Waals surface area contributed by atoms with Crippen molar-refractivity contribution in [2.75, 3.05) is 20.1 Å². The molecule has 6 heteroatoms. The van der Waals surface area contributed by atoms with Gasteiger partial charge in [0.15, 0.2) is 0 Å². The second kappa shape index (κ2) is 6.99. The van der Waals surface area contributed by atoms with E-state index < -0.39 is 5.60 Å². The maximum atomic E-state index is 14.5. The summed E-state index contributed by atoms with van der Waals surface area (Å²) in [6, 6.07) is 8.98. The summed E-state index contributed by atoms with van der Waals surface area (Å²) in [6.45, 7) is 3.48. The monoisotopic (exact) mass is 379 g/mol. The number of likely N-dealkylation sites (tertiary alicyclic amines) is 1. The van der Waals surface area contributed by atoms with E-state index in [2.05, 4.69) is 23.0 Å². The number of hydrogen-bond donors (Lipinski definition) is 0. The highest BCUT2D eigenvalue weighted by Gasteiger charge is 2.47. The Kier molecular flexibility index (Phi) is 4.64. The summed E-state index contributed by atoms with van der Waals surface area (Å²) in [6.07, 6.45) is 3.40. The molecule has 0 N–H and O–H groups in total. The van der Waals surface area contributed by atoms with Gasteiger partial charge in [0.25, 0.3) is 0 Å².